The fourth-order valence-corrected chi connectivity index (χ4v) is 1.38. The molecule has 0 aliphatic heterocycles. The van der Waals surface area contributed by atoms with Crippen LogP contribution in [0, 0.1) is 0 Å². The van der Waals surface area contributed by atoms with Gasteiger partial charge < -0.3 is 10.6 Å². The molecule has 0 aromatic rings. The topological polar surface area (TPSA) is 58.2 Å². The number of rotatable bonds is 6. The van der Waals surface area contributed by atoms with E-state index in [1.54, 1.807) is 6.92 Å². The highest BCUT2D eigenvalue weighted by molar-refractivity contribution is 5.73. The minimum absolute atomic E-state index is 0. The molecule has 4 heteroatoms. The molecule has 0 saturated carbocycles. The fraction of sp³-hybridized carbons (Fsp3) is 0.875. The zero-order valence-corrected chi connectivity index (χ0v) is 12.8. The Hall–Kier alpha value is -1.06. The Morgan fingerprint density at radius 3 is 1.55 bits per heavy atom. The molecule has 2 amide bonds. The van der Waals surface area contributed by atoms with E-state index in [4.69, 9.17) is 0 Å². The van der Waals surface area contributed by atoms with E-state index in [9.17, 15) is 9.59 Å². The van der Waals surface area contributed by atoms with Crippen molar-refractivity contribution in [2.24, 2.45) is 0 Å². The molecule has 4 nitrogen and oxygen atoms in total. The summed E-state index contributed by atoms with van der Waals surface area (Å²) >= 11 is 0. The van der Waals surface area contributed by atoms with Gasteiger partial charge >= 0.3 is 0 Å². The first kappa shape index (κ1) is 27.3. The average Bonchev–Trinajstić information content (AvgIpc) is 2.25. The van der Waals surface area contributed by atoms with Crippen molar-refractivity contribution in [1.82, 2.24) is 10.6 Å². The predicted octanol–water partition coefficient (Wildman–Crippen LogP) is 3.89. The first-order valence-electron chi connectivity index (χ1n) is 6.87. The van der Waals surface area contributed by atoms with Crippen molar-refractivity contribution in [2.75, 3.05) is 0 Å². The summed E-state index contributed by atoms with van der Waals surface area (Å²) in [7, 11) is 0. The monoisotopic (exact) mass is 290 g/mol. The van der Waals surface area contributed by atoms with Crippen LogP contribution in [0.3, 0.4) is 0 Å². The van der Waals surface area contributed by atoms with Gasteiger partial charge in [-0.05, 0) is 26.7 Å². The number of hydrogen-bond acceptors (Lipinski definition) is 2. The summed E-state index contributed by atoms with van der Waals surface area (Å²) in [5.41, 5.74) is 0. The summed E-state index contributed by atoms with van der Waals surface area (Å²) in [6, 6.07) is 0.671. The van der Waals surface area contributed by atoms with Gasteiger partial charge in [0.2, 0.25) is 11.8 Å². The van der Waals surface area contributed by atoms with Gasteiger partial charge in [-0.2, -0.15) is 0 Å². The van der Waals surface area contributed by atoms with E-state index < -0.39 is 0 Å². The molecule has 0 radical (unpaired) electrons. The van der Waals surface area contributed by atoms with Crippen molar-refractivity contribution < 1.29 is 9.59 Å². The molecule has 2 unspecified atom stereocenters. The number of carbonyl (C=O) groups excluding carboxylic acids is 2. The van der Waals surface area contributed by atoms with E-state index in [0.29, 0.717) is 12.1 Å². The van der Waals surface area contributed by atoms with Crippen LogP contribution in [-0.2, 0) is 9.59 Å². The second-order valence-corrected chi connectivity index (χ2v) is 4.75. The normalized spacial score (nSPS) is 11.5. The van der Waals surface area contributed by atoms with Crippen LogP contribution in [0.5, 0.6) is 0 Å². The van der Waals surface area contributed by atoms with Crippen LogP contribution in [-0.4, -0.2) is 23.9 Å². The van der Waals surface area contributed by atoms with E-state index >= 15 is 0 Å². The summed E-state index contributed by atoms with van der Waals surface area (Å²) in [6.45, 7) is 11.3. The molecule has 0 rings (SSSR count). The minimum atomic E-state index is 0. The molecule has 0 aromatic carbocycles. The Morgan fingerprint density at radius 2 is 1.30 bits per heavy atom. The zero-order chi connectivity index (χ0) is 14.6. The Bertz CT molecular complexity index is 231. The smallest absolute Gasteiger partial charge is 0.217 e. The quantitative estimate of drug-likeness (QED) is 0.779. The van der Waals surface area contributed by atoms with Crippen LogP contribution < -0.4 is 10.6 Å². The van der Waals surface area contributed by atoms with E-state index in [2.05, 4.69) is 17.6 Å². The second kappa shape index (κ2) is 17.9. The highest BCUT2D eigenvalue weighted by Gasteiger charge is 2.00. The first-order chi connectivity index (χ1) is 8.33. The van der Waals surface area contributed by atoms with Crippen LogP contribution in [0.4, 0.5) is 0 Å². The van der Waals surface area contributed by atoms with E-state index in [1.807, 2.05) is 20.8 Å². The molecule has 20 heavy (non-hydrogen) atoms. The Kier molecular flexibility index (Phi) is 24.5. The molecule has 0 aromatic heterocycles. The Morgan fingerprint density at radius 1 is 0.900 bits per heavy atom. The molecule has 0 saturated heterocycles. The Labute approximate surface area is 127 Å². The van der Waals surface area contributed by atoms with Crippen LogP contribution in [0.2, 0.25) is 0 Å². The summed E-state index contributed by atoms with van der Waals surface area (Å²) in [5, 5.41) is 5.59. The lowest BCUT2D eigenvalue weighted by Crippen LogP contribution is -2.30. The predicted molar refractivity (Wildman–Crippen MR) is 89.8 cm³/mol. The van der Waals surface area contributed by atoms with Crippen LogP contribution >= 0.6 is 0 Å². The third-order valence-corrected chi connectivity index (χ3v) is 2.50. The first-order valence-corrected chi connectivity index (χ1v) is 6.87. The third kappa shape index (κ3) is 25.7. The van der Waals surface area contributed by atoms with Gasteiger partial charge in [0.05, 0.1) is 0 Å². The average molecular weight is 290 g/mol. The lowest BCUT2D eigenvalue weighted by atomic mass is 10.1. The van der Waals surface area contributed by atoms with Crippen LogP contribution in [0.15, 0.2) is 0 Å². The van der Waals surface area contributed by atoms with Gasteiger partial charge in [-0.3, -0.25) is 9.59 Å². The lowest BCUT2D eigenvalue weighted by Gasteiger charge is -2.10. The Balaban J connectivity index is -0.000000119. The molecular formula is C16H38N2O2. The van der Waals surface area contributed by atoms with Crippen molar-refractivity contribution in [1.29, 1.82) is 0 Å². The van der Waals surface area contributed by atoms with E-state index in [1.165, 1.54) is 19.8 Å². The number of amides is 2. The summed E-state index contributed by atoms with van der Waals surface area (Å²) < 4.78 is 0. The highest BCUT2D eigenvalue weighted by atomic mass is 16.2. The molecule has 2 atom stereocenters. The van der Waals surface area contributed by atoms with Crippen molar-refractivity contribution in [2.45, 2.75) is 94.2 Å². The lowest BCUT2D eigenvalue weighted by molar-refractivity contribution is -0.120. The van der Waals surface area contributed by atoms with Crippen molar-refractivity contribution in [3.05, 3.63) is 0 Å². The molecule has 124 valence electrons. The number of carbonyl (C=O) groups is 2. The molecule has 0 spiro atoms. The maximum atomic E-state index is 10.5. The summed E-state index contributed by atoms with van der Waals surface area (Å²) in [5.74, 6) is 0.128. The van der Waals surface area contributed by atoms with Gasteiger partial charge in [-0.25, -0.2) is 0 Å². The highest BCUT2D eigenvalue weighted by Crippen LogP contribution is 1.98. The molecule has 0 bridgehead atoms. The van der Waals surface area contributed by atoms with Crippen molar-refractivity contribution >= 4 is 11.8 Å². The number of hydrogen-bond donors (Lipinski definition) is 2. The molecule has 0 aliphatic carbocycles. The molecule has 0 fully saturated rings. The summed E-state index contributed by atoms with van der Waals surface area (Å²) in [4.78, 5) is 20.8. The molecule has 0 heterocycles. The SMILES string of the molecule is C.C.CCC(C)NC(C)=O.CCCCC(C)NC(C)=O. The maximum Gasteiger partial charge on any atom is 0.217 e. The van der Waals surface area contributed by atoms with Gasteiger partial charge in [0.1, 0.15) is 0 Å². The number of unbranched alkanes of at least 4 members (excludes halogenated alkanes) is 1. The fourth-order valence-electron chi connectivity index (χ4n) is 1.38. The standard InChI is InChI=1S/C8H17NO.C6H13NO.2CH4/c1-4-5-6-7(2)9-8(3)10;1-4-5(2)7-6(3)8;;/h7H,4-6H2,1-3H3,(H,9,10);5H,4H2,1-3H3,(H,7,8);2*1H4. The maximum absolute atomic E-state index is 10.5. The number of nitrogens with one attached hydrogen (secondary N) is 2. The summed E-state index contributed by atoms with van der Waals surface area (Å²) in [6.07, 6.45) is 4.49. The van der Waals surface area contributed by atoms with Gasteiger partial charge in [0.25, 0.3) is 0 Å². The molecule has 2 N–H and O–H groups in total. The van der Waals surface area contributed by atoms with Crippen LogP contribution in [0.25, 0.3) is 0 Å². The van der Waals surface area contributed by atoms with Crippen molar-refractivity contribution in [3.8, 4) is 0 Å². The minimum Gasteiger partial charge on any atom is -0.354 e. The van der Waals surface area contributed by atoms with E-state index in [-0.39, 0.29) is 26.7 Å². The molecule has 0 aliphatic rings. The van der Waals surface area contributed by atoms with Gasteiger partial charge in [-0.1, -0.05) is 41.5 Å². The zero-order valence-electron chi connectivity index (χ0n) is 12.8. The van der Waals surface area contributed by atoms with Gasteiger partial charge in [0.15, 0.2) is 0 Å². The third-order valence-electron chi connectivity index (χ3n) is 2.50. The largest absolute Gasteiger partial charge is 0.354 e. The van der Waals surface area contributed by atoms with Gasteiger partial charge in [-0.15, -0.1) is 0 Å². The molecular weight excluding hydrogens is 252 g/mol. The van der Waals surface area contributed by atoms with Crippen LogP contribution in [0.1, 0.15) is 82.1 Å². The van der Waals surface area contributed by atoms with Gasteiger partial charge in [0, 0.05) is 25.9 Å². The second-order valence-electron chi connectivity index (χ2n) is 4.75. The van der Waals surface area contributed by atoms with Crippen molar-refractivity contribution in [3.63, 3.8) is 0 Å². The van der Waals surface area contributed by atoms with E-state index in [0.717, 1.165) is 12.8 Å².